The van der Waals surface area contributed by atoms with E-state index in [2.05, 4.69) is 10.1 Å². The van der Waals surface area contributed by atoms with Crippen LogP contribution in [0.4, 0.5) is 17.6 Å². The Bertz CT molecular complexity index is 302. The highest BCUT2D eigenvalue weighted by Crippen LogP contribution is 2.22. The number of rotatable bonds is 6. The van der Waals surface area contributed by atoms with Crippen molar-refractivity contribution in [2.45, 2.75) is 31.7 Å². The zero-order valence-electron chi connectivity index (χ0n) is 10.7. The third-order valence-corrected chi connectivity index (χ3v) is 2.94. The zero-order chi connectivity index (χ0) is 14.5. The minimum Gasteiger partial charge on any atom is -0.365 e. The molecule has 1 aliphatic heterocycles. The summed E-state index contributed by atoms with van der Waals surface area (Å²) in [5.41, 5.74) is 0. The summed E-state index contributed by atoms with van der Waals surface area (Å²) in [6.45, 7) is 1.48. The summed E-state index contributed by atoms with van der Waals surface area (Å²) in [5, 5.41) is 3.20. The van der Waals surface area contributed by atoms with Crippen molar-refractivity contribution < 1.29 is 27.1 Å². The van der Waals surface area contributed by atoms with Crippen LogP contribution >= 0.6 is 0 Å². The van der Waals surface area contributed by atoms with E-state index in [1.807, 2.05) is 6.92 Å². The maximum atomic E-state index is 12.5. The highest BCUT2D eigenvalue weighted by Gasteiger charge is 2.41. The van der Waals surface area contributed by atoms with E-state index >= 15 is 0 Å². The highest BCUT2D eigenvalue weighted by molar-refractivity contribution is 5.77. The van der Waals surface area contributed by atoms with Gasteiger partial charge < -0.3 is 15.0 Å². The van der Waals surface area contributed by atoms with E-state index in [-0.39, 0.29) is 6.04 Å². The number of halogens is 4. The van der Waals surface area contributed by atoms with Crippen molar-refractivity contribution in [1.29, 1.82) is 0 Å². The van der Waals surface area contributed by atoms with Crippen molar-refractivity contribution in [3.8, 4) is 0 Å². The second-order valence-electron chi connectivity index (χ2n) is 4.45. The fourth-order valence-electron chi connectivity index (χ4n) is 1.75. The van der Waals surface area contributed by atoms with Gasteiger partial charge in [0.15, 0.2) is 0 Å². The monoisotopic (exact) mass is 286 g/mol. The molecule has 1 atom stereocenters. The van der Waals surface area contributed by atoms with Crippen molar-refractivity contribution in [2.75, 3.05) is 32.8 Å². The highest BCUT2D eigenvalue weighted by atomic mass is 19.3. The number of carbonyl (C=O) groups is 1. The van der Waals surface area contributed by atoms with Crippen LogP contribution in [-0.4, -0.2) is 62.0 Å². The summed E-state index contributed by atoms with van der Waals surface area (Å²) in [4.78, 5) is 13.1. The van der Waals surface area contributed by atoms with Crippen LogP contribution in [0.1, 0.15) is 13.3 Å². The summed E-state index contributed by atoms with van der Waals surface area (Å²) in [6, 6.07) is 0.167. The zero-order valence-corrected chi connectivity index (χ0v) is 10.7. The van der Waals surface area contributed by atoms with Crippen LogP contribution in [0.2, 0.25) is 0 Å². The molecule has 1 N–H and O–H groups in total. The van der Waals surface area contributed by atoms with E-state index < -0.39 is 31.5 Å². The van der Waals surface area contributed by atoms with Crippen molar-refractivity contribution in [3.63, 3.8) is 0 Å². The van der Waals surface area contributed by atoms with Crippen LogP contribution in [0.15, 0.2) is 0 Å². The summed E-state index contributed by atoms with van der Waals surface area (Å²) in [5.74, 6) is -4.67. The predicted molar refractivity (Wildman–Crippen MR) is 60.4 cm³/mol. The largest absolute Gasteiger partial charge is 0.365 e. The first-order chi connectivity index (χ1) is 8.86. The molecule has 0 bridgehead atoms. The van der Waals surface area contributed by atoms with Crippen LogP contribution < -0.4 is 5.32 Å². The number of hydrogen-bond acceptors (Lipinski definition) is 3. The Morgan fingerprint density at radius 3 is 2.79 bits per heavy atom. The Hall–Kier alpha value is -0.890. The Balaban J connectivity index is 2.31. The molecule has 112 valence electrons. The first-order valence-electron chi connectivity index (χ1n) is 6.11. The molecule has 0 radical (unpaired) electrons. The lowest BCUT2D eigenvalue weighted by Crippen LogP contribution is -2.53. The lowest BCUT2D eigenvalue weighted by atomic mass is 10.1. The molecule has 0 aliphatic carbocycles. The maximum absolute atomic E-state index is 12.5. The lowest BCUT2D eigenvalue weighted by Gasteiger charge is -2.33. The van der Waals surface area contributed by atoms with Gasteiger partial charge in [0.1, 0.15) is 13.2 Å². The number of nitrogens with zero attached hydrogens (tertiary/aromatic N) is 1. The third kappa shape index (κ3) is 4.94. The standard InChI is InChI=1S/C11H18F4N2O2/c1-2-8-5-17(4-3-16-8)9(18)6-19-7-11(14,15)10(12)13/h8,10,16H,2-7H2,1H3/t8-/m1/s1. The van der Waals surface area contributed by atoms with Crippen LogP contribution in [-0.2, 0) is 9.53 Å². The predicted octanol–water partition coefficient (Wildman–Crippen LogP) is 1.11. The Morgan fingerprint density at radius 1 is 1.53 bits per heavy atom. The number of hydrogen-bond donors (Lipinski definition) is 1. The average Bonchev–Trinajstić information content (AvgIpc) is 2.38. The average molecular weight is 286 g/mol. The molecule has 0 aromatic rings. The van der Waals surface area contributed by atoms with Crippen LogP contribution in [0.5, 0.6) is 0 Å². The molecule has 1 amide bonds. The third-order valence-electron chi connectivity index (χ3n) is 2.94. The normalized spacial score (nSPS) is 20.9. The molecule has 1 fully saturated rings. The summed E-state index contributed by atoms with van der Waals surface area (Å²) in [7, 11) is 0. The molecule has 1 heterocycles. The van der Waals surface area contributed by atoms with Gasteiger partial charge in [0.05, 0.1) is 0 Å². The SMILES string of the molecule is CC[C@@H]1CN(C(=O)COCC(F)(F)C(F)F)CCN1. The Morgan fingerprint density at radius 2 is 2.21 bits per heavy atom. The van der Waals surface area contributed by atoms with Gasteiger partial charge in [-0.15, -0.1) is 0 Å². The Kier molecular flexibility index (Phi) is 5.99. The molecule has 0 aromatic carbocycles. The molecule has 1 rings (SSSR count). The number of piperazine rings is 1. The molecular formula is C11H18F4N2O2. The maximum Gasteiger partial charge on any atom is 0.330 e. The smallest absolute Gasteiger partial charge is 0.330 e. The number of ether oxygens (including phenoxy) is 1. The number of carbonyl (C=O) groups excluding carboxylic acids is 1. The molecule has 8 heteroatoms. The molecule has 19 heavy (non-hydrogen) atoms. The fraction of sp³-hybridized carbons (Fsp3) is 0.909. The fourth-order valence-corrected chi connectivity index (χ4v) is 1.75. The number of alkyl halides is 4. The van der Waals surface area contributed by atoms with Gasteiger partial charge in [-0.2, -0.15) is 8.78 Å². The van der Waals surface area contributed by atoms with E-state index in [1.165, 1.54) is 4.90 Å². The second-order valence-corrected chi connectivity index (χ2v) is 4.45. The summed E-state index contributed by atoms with van der Waals surface area (Å²) < 4.78 is 53.2. The van der Waals surface area contributed by atoms with Crippen molar-refractivity contribution in [1.82, 2.24) is 10.2 Å². The molecule has 0 unspecified atom stereocenters. The second kappa shape index (κ2) is 7.04. The van der Waals surface area contributed by atoms with Gasteiger partial charge in [0.2, 0.25) is 5.91 Å². The molecule has 4 nitrogen and oxygen atoms in total. The van der Waals surface area contributed by atoms with Crippen LogP contribution in [0.3, 0.4) is 0 Å². The van der Waals surface area contributed by atoms with Gasteiger partial charge in [-0.25, -0.2) is 8.78 Å². The van der Waals surface area contributed by atoms with E-state index in [1.54, 1.807) is 0 Å². The Labute approximate surface area is 109 Å². The quantitative estimate of drug-likeness (QED) is 0.744. The van der Waals surface area contributed by atoms with E-state index in [0.717, 1.165) is 6.42 Å². The van der Waals surface area contributed by atoms with Crippen molar-refractivity contribution in [3.05, 3.63) is 0 Å². The molecule has 0 spiro atoms. The molecule has 1 saturated heterocycles. The van der Waals surface area contributed by atoms with Gasteiger partial charge in [0.25, 0.3) is 0 Å². The minimum absolute atomic E-state index is 0.167. The van der Waals surface area contributed by atoms with Crippen LogP contribution in [0, 0.1) is 0 Å². The van der Waals surface area contributed by atoms with E-state index in [9.17, 15) is 22.4 Å². The van der Waals surface area contributed by atoms with Crippen LogP contribution in [0.25, 0.3) is 0 Å². The van der Waals surface area contributed by atoms with E-state index in [4.69, 9.17) is 0 Å². The first-order valence-corrected chi connectivity index (χ1v) is 6.11. The molecule has 0 aromatic heterocycles. The topological polar surface area (TPSA) is 41.6 Å². The number of amides is 1. The van der Waals surface area contributed by atoms with Gasteiger partial charge in [0, 0.05) is 25.7 Å². The van der Waals surface area contributed by atoms with Gasteiger partial charge in [-0.3, -0.25) is 4.79 Å². The molecular weight excluding hydrogens is 268 g/mol. The van der Waals surface area contributed by atoms with E-state index in [0.29, 0.717) is 19.6 Å². The summed E-state index contributed by atoms with van der Waals surface area (Å²) in [6.07, 6.45) is -2.94. The minimum atomic E-state index is -4.21. The van der Waals surface area contributed by atoms with Crippen molar-refractivity contribution >= 4 is 5.91 Å². The van der Waals surface area contributed by atoms with Crippen molar-refractivity contribution in [2.24, 2.45) is 0 Å². The molecule has 0 saturated carbocycles. The van der Waals surface area contributed by atoms with Gasteiger partial charge in [-0.1, -0.05) is 6.92 Å². The summed E-state index contributed by atoms with van der Waals surface area (Å²) >= 11 is 0. The van der Waals surface area contributed by atoms with Gasteiger partial charge >= 0.3 is 12.3 Å². The number of nitrogens with one attached hydrogen (secondary N) is 1. The van der Waals surface area contributed by atoms with Gasteiger partial charge in [-0.05, 0) is 6.42 Å². The molecule has 1 aliphatic rings. The first kappa shape index (κ1) is 16.2. The lowest BCUT2D eigenvalue weighted by molar-refractivity contribution is -0.171.